The summed E-state index contributed by atoms with van der Waals surface area (Å²) in [6.07, 6.45) is 2.30. The molecule has 0 saturated carbocycles. The summed E-state index contributed by atoms with van der Waals surface area (Å²) in [4.78, 5) is 18.6. The molecule has 2 heterocycles. The second-order valence-electron chi connectivity index (χ2n) is 4.54. The largest absolute Gasteiger partial charge is 0.395 e. The number of hydrogen-bond acceptors (Lipinski definition) is 6. The Bertz CT molecular complexity index is 423. The number of aliphatic hydroxyl groups excluding tert-OH is 1. The summed E-state index contributed by atoms with van der Waals surface area (Å²) in [5.74, 6) is 0.774. The van der Waals surface area contributed by atoms with Gasteiger partial charge in [0.25, 0.3) is 5.69 Å². The van der Waals surface area contributed by atoms with E-state index in [9.17, 15) is 10.1 Å². The van der Waals surface area contributed by atoms with E-state index in [0.29, 0.717) is 6.54 Å². The third kappa shape index (κ3) is 3.62. The van der Waals surface area contributed by atoms with Crippen molar-refractivity contribution in [2.24, 2.45) is 0 Å². The van der Waals surface area contributed by atoms with Crippen molar-refractivity contribution in [1.29, 1.82) is 0 Å². The summed E-state index contributed by atoms with van der Waals surface area (Å²) < 4.78 is 0. The van der Waals surface area contributed by atoms with E-state index in [1.807, 2.05) is 0 Å². The van der Waals surface area contributed by atoms with Gasteiger partial charge in [-0.1, -0.05) is 0 Å². The zero-order valence-electron chi connectivity index (χ0n) is 10.7. The molecule has 7 nitrogen and oxygen atoms in total. The van der Waals surface area contributed by atoms with Crippen LogP contribution in [0.15, 0.2) is 18.3 Å². The van der Waals surface area contributed by atoms with Crippen LogP contribution in [0.5, 0.6) is 0 Å². The molecule has 1 N–H and O–H groups in total. The van der Waals surface area contributed by atoms with Crippen LogP contribution in [-0.4, -0.2) is 59.2 Å². The zero-order valence-corrected chi connectivity index (χ0v) is 10.7. The number of aromatic nitrogens is 1. The van der Waals surface area contributed by atoms with Crippen molar-refractivity contribution >= 4 is 11.5 Å². The molecule has 1 aliphatic rings. The van der Waals surface area contributed by atoms with Gasteiger partial charge in [-0.3, -0.25) is 15.0 Å². The lowest BCUT2D eigenvalue weighted by molar-refractivity contribution is -0.385. The highest BCUT2D eigenvalue weighted by atomic mass is 16.6. The standard InChI is InChI=1S/C12H18N4O3/c17-9-8-14-4-1-5-15(7-6-14)12-3-2-11(10-13-12)16(18)19/h2-3,10,17H,1,4-9H2. The number of nitrogens with zero attached hydrogens (tertiary/aromatic N) is 4. The number of nitro groups is 1. The Kier molecular flexibility index (Phi) is 4.64. The lowest BCUT2D eigenvalue weighted by Gasteiger charge is -2.22. The molecule has 0 radical (unpaired) electrons. The van der Waals surface area contributed by atoms with Crippen molar-refractivity contribution in [2.75, 3.05) is 44.2 Å². The number of hydrogen-bond donors (Lipinski definition) is 1. The highest BCUT2D eigenvalue weighted by Gasteiger charge is 2.16. The predicted molar refractivity (Wildman–Crippen MR) is 71.2 cm³/mol. The summed E-state index contributed by atoms with van der Waals surface area (Å²) in [6, 6.07) is 3.18. The lowest BCUT2D eigenvalue weighted by Crippen LogP contribution is -2.32. The molecule has 0 bridgehead atoms. The molecular formula is C12H18N4O3. The van der Waals surface area contributed by atoms with Gasteiger partial charge < -0.3 is 10.0 Å². The SMILES string of the molecule is O=[N+]([O-])c1ccc(N2CCCN(CCO)CC2)nc1. The van der Waals surface area contributed by atoms with Crippen LogP contribution in [0.25, 0.3) is 0 Å². The summed E-state index contributed by atoms with van der Waals surface area (Å²) >= 11 is 0. The number of β-amino-alcohol motifs (C(OH)–C–C–N with tert-alkyl or cyclic N) is 1. The molecule has 1 aromatic heterocycles. The van der Waals surface area contributed by atoms with E-state index < -0.39 is 4.92 Å². The molecule has 0 amide bonds. The molecule has 1 aliphatic heterocycles. The summed E-state index contributed by atoms with van der Waals surface area (Å²) in [5.41, 5.74) is 0.0143. The second-order valence-corrected chi connectivity index (χ2v) is 4.54. The first-order chi connectivity index (χ1) is 9.20. The zero-order chi connectivity index (χ0) is 13.7. The molecule has 1 saturated heterocycles. The molecule has 1 aromatic rings. The van der Waals surface area contributed by atoms with Crippen LogP contribution in [0.3, 0.4) is 0 Å². The minimum atomic E-state index is -0.442. The van der Waals surface area contributed by atoms with Crippen molar-refractivity contribution in [3.05, 3.63) is 28.4 Å². The Morgan fingerprint density at radius 2 is 2.16 bits per heavy atom. The van der Waals surface area contributed by atoms with Crippen LogP contribution in [-0.2, 0) is 0 Å². The molecule has 2 rings (SSSR count). The average Bonchev–Trinajstić information content (AvgIpc) is 2.65. The second kappa shape index (κ2) is 6.44. The predicted octanol–water partition coefficient (Wildman–Crippen LogP) is 0.494. The Morgan fingerprint density at radius 3 is 2.79 bits per heavy atom. The normalized spacial score (nSPS) is 17.2. The molecule has 0 atom stereocenters. The van der Waals surface area contributed by atoms with Gasteiger partial charge in [0.2, 0.25) is 0 Å². The third-order valence-electron chi connectivity index (χ3n) is 3.27. The minimum Gasteiger partial charge on any atom is -0.395 e. The fourth-order valence-corrected chi connectivity index (χ4v) is 2.24. The van der Waals surface area contributed by atoms with E-state index >= 15 is 0 Å². The average molecular weight is 266 g/mol. The monoisotopic (exact) mass is 266 g/mol. The molecule has 19 heavy (non-hydrogen) atoms. The van der Waals surface area contributed by atoms with Gasteiger partial charge in [-0.05, 0) is 19.0 Å². The van der Waals surface area contributed by atoms with E-state index in [2.05, 4.69) is 14.8 Å². The molecule has 0 spiro atoms. The first-order valence-corrected chi connectivity index (χ1v) is 6.39. The number of pyridine rings is 1. The number of anilines is 1. The van der Waals surface area contributed by atoms with Crippen LogP contribution in [0, 0.1) is 10.1 Å². The highest BCUT2D eigenvalue weighted by molar-refractivity contribution is 5.43. The van der Waals surface area contributed by atoms with E-state index in [1.54, 1.807) is 6.07 Å². The topological polar surface area (TPSA) is 82.7 Å². The smallest absolute Gasteiger partial charge is 0.287 e. The van der Waals surface area contributed by atoms with E-state index in [0.717, 1.165) is 38.4 Å². The molecule has 0 aromatic carbocycles. The lowest BCUT2D eigenvalue weighted by atomic mass is 10.3. The van der Waals surface area contributed by atoms with Crippen molar-refractivity contribution in [3.8, 4) is 0 Å². The van der Waals surface area contributed by atoms with Gasteiger partial charge in [0.1, 0.15) is 12.0 Å². The van der Waals surface area contributed by atoms with Crippen LogP contribution >= 0.6 is 0 Å². The van der Waals surface area contributed by atoms with Crippen LogP contribution in [0.1, 0.15) is 6.42 Å². The maximum absolute atomic E-state index is 10.6. The Balaban J connectivity index is 1.99. The summed E-state index contributed by atoms with van der Waals surface area (Å²) in [7, 11) is 0. The van der Waals surface area contributed by atoms with Gasteiger partial charge in [-0.2, -0.15) is 0 Å². The first kappa shape index (κ1) is 13.7. The molecule has 0 aliphatic carbocycles. The van der Waals surface area contributed by atoms with Gasteiger partial charge in [-0.15, -0.1) is 0 Å². The quantitative estimate of drug-likeness (QED) is 0.631. The van der Waals surface area contributed by atoms with Crippen molar-refractivity contribution in [3.63, 3.8) is 0 Å². The van der Waals surface area contributed by atoms with Gasteiger partial charge in [0.15, 0.2) is 0 Å². The van der Waals surface area contributed by atoms with Crippen molar-refractivity contribution in [1.82, 2.24) is 9.88 Å². The van der Waals surface area contributed by atoms with Crippen LogP contribution < -0.4 is 4.90 Å². The van der Waals surface area contributed by atoms with Gasteiger partial charge in [0, 0.05) is 32.2 Å². The Labute approximate surface area is 111 Å². The van der Waals surface area contributed by atoms with Gasteiger partial charge >= 0.3 is 0 Å². The summed E-state index contributed by atoms with van der Waals surface area (Å²) in [5, 5.41) is 19.5. The fourth-order valence-electron chi connectivity index (χ4n) is 2.24. The maximum Gasteiger partial charge on any atom is 0.287 e. The van der Waals surface area contributed by atoms with Crippen LogP contribution in [0.2, 0.25) is 0 Å². The first-order valence-electron chi connectivity index (χ1n) is 6.39. The van der Waals surface area contributed by atoms with Crippen LogP contribution in [0.4, 0.5) is 11.5 Å². The van der Waals surface area contributed by atoms with E-state index in [4.69, 9.17) is 5.11 Å². The minimum absolute atomic E-state index is 0.0143. The third-order valence-corrected chi connectivity index (χ3v) is 3.27. The Morgan fingerprint density at radius 1 is 1.32 bits per heavy atom. The van der Waals surface area contributed by atoms with Gasteiger partial charge in [0.05, 0.1) is 11.5 Å². The molecule has 0 unspecified atom stereocenters. The van der Waals surface area contributed by atoms with Gasteiger partial charge in [-0.25, -0.2) is 4.98 Å². The molecule has 7 heteroatoms. The Hall–Kier alpha value is -1.73. The maximum atomic E-state index is 10.6. The highest BCUT2D eigenvalue weighted by Crippen LogP contribution is 2.17. The summed E-state index contributed by atoms with van der Waals surface area (Å²) in [6.45, 7) is 4.41. The van der Waals surface area contributed by atoms with E-state index in [-0.39, 0.29) is 12.3 Å². The van der Waals surface area contributed by atoms with Crippen molar-refractivity contribution < 1.29 is 10.0 Å². The number of rotatable bonds is 4. The molecule has 1 fully saturated rings. The fraction of sp³-hybridized carbons (Fsp3) is 0.583. The molecular weight excluding hydrogens is 248 g/mol. The van der Waals surface area contributed by atoms with Crippen molar-refractivity contribution in [2.45, 2.75) is 6.42 Å². The number of aliphatic hydroxyl groups is 1. The molecule has 104 valence electrons. The van der Waals surface area contributed by atoms with E-state index in [1.165, 1.54) is 12.3 Å².